The van der Waals surface area contributed by atoms with Crippen molar-refractivity contribution in [3.63, 3.8) is 0 Å². The Hall–Kier alpha value is -1.89. The molecule has 0 bridgehead atoms. The maximum absolute atomic E-state index is 6.14. The molecule has 7 heteroatoms. The molecule has 1 unspecified atom stereocenters. The molecule has 0 spiro atoms. The summed E-state index contributed by atoms with van der Waals surface area (Å²) in [6, 6.07) is 0.539. The second kappa shape index (κ2) is 4.80. The number of aromatic nitrogens is 4. The lowest BCUT2D eigenvalue weighted by Gasteiger charge is -2.26. The zero-order valence-electron chi connectivity index (χ0n) is 14.2. The summed E-state index contributed by atoms with van der Waals surface area (Å²) < 4.78 is 8.15. The van der Waals surface area contributed by atoms with Gasteiger partial charge in [0, 0.05) is 18.5 Å². The minimum absolute atomic E-state index is 0.0231. The standard InChI is InChI=1S/C16H24N6O/c1-9-7-16(2,3)14(23-9)22-8-18-11-12(21(4)10-5-6-10)19-15(17)20-13(11)22/h8-10,14H,5-7H2,1-4H3,(H2,17,19,20)/t9?,14-/m1/s1. The number of fused-ring (bicyclic) bond motifs is 1. The fourth-order valence-corrected chi connectivity index (χ4v) is 3.71. The number of anilines is 2. The molecule has 2 aromatic heterocycles. The minimum Gasteiger partial charge on any atom is -0.368 e. The van der Waals surface area contributed by atoms with Crippen molar-refractivity contribution < 1.29 is 4.74 Å². The highest BCUT2D eigenvalue weighted by atomic mass is 16.5. The summed E-state index contributed by atoms with van der Waals surface area (Å²) in [4.78, 5) is 15.6. The van der Waals surface area contributed by atoms with Gasteiger partial charge in [-0.3, -0.25) is 4.57 Å². The van der Waals surface area contributed by atoms with Gasteiger partial charge in [-0.15, -0.1) is 0 Å². The molecule has 2 N–H and O–H groups in total. The van der Waals surface area contributed by atoms with E-state index in [-0.39, 0.29) is 23.7 Å². The second-order valence-electron chi connectivity index (χ2n) is 7.56. The Morgan fingerprint density at radius 1 is 1.35 bits per heavy atom. The Morgan fingerprint density at radius 3 is 2.70 bits per heavy atom. The molecule has 7 nitrogen and oxygen atoms in total. The second-order valence-corrected chi connectivity index (χ2v) is 7.56. The normalized spacial score (nSPS) is 26.8. The third-order valence-corrected chi connectivity index (χ3v) is 4.94. The molecule has 23 heavy (non-hydrogen) atoms. The van der Waals surface area contributed by atoms with Gasteiger partial charge in [-0.05, 0) is 26.2 Å². The summed E-state index contributed by atoms with van der Waals surface area (Å²) >= 11 is 0. The molecule has 0 aromatic carbocycles. The number of nitrogens with zero attached hydrogens (tertiary/aromatic N) is 5. The molecule has 4 rings (SSSR count). The Kier molecular flexibility index (Phi) is 3.07. The van der Waals surface area contributed by atoms with E-state index < -0.39 is 0 Å². The number of hydrogen-bond acceptors (Lipinski definition) is 6. The van der Waals surface area contributed by atoms with Gasteiger partial charge in [-0.2, -0.15) is 9.97 Å². The number of nitrogen functional groups attached to an aromatic ring is 1. The van der Waals surface area contributed by atoms with Gasteiger partial charge in [0.1, 0.15) is 6.23 Å². The average molecular weight is 316 g/mol. The maximum atomic E-state index is 6.14. The van der Waals surface area contributed by atoms with E-state index in [9.17, 15) is 0 Å². The summed E-state index contributed by atoms with van der Waals surface area (Å²) in [5.74, 6) is 1.10. The lowest BCUT2D eigenvalue weighted by atomic mass is 9.88. The molecule has 0 radical (unpaired) electrons. The lowest BCUT2D eigenvalue weighted by molar-refractivity contribution is -0.0224. The number of imidazole rings is 1. The third-order valence-electron chi connectivity index (χ3n) is 4.94. The van der Waals surface area contributed by atoms with E-state index in [1.54, 1.807) is 0 Å². The van der Waals surface area contributed by atoms with E-state index >= 15 is 0 Å². The van der Waals surface area contributed by atoms with Crippen LogP contribution in [-0.4, -0.2) is 38.7 Å². The quantitative estimate of drug-likeness (QED) is 0.936. The Labute approximate surface area is 135 Å². The first-order valence-corrected chi connectivity index (χ1v) is 8.25. The summed E-state index contributed by atoms with van der Waals surface area (Å²) in [5.41, 5.74) is 7.55. The van der Waals surface area contributed by atoms with Crippen LogP contribution in [-0.2, 0) is 4.74 Å². The molecule has 0 amide bonds. The van der Waals surface area contributed by atoms with Crippen molar-refractivity contribution in [2.24, 2.45) is 5.41 Å². The van der Waals surface area contributed by atoms with Gasteiger partial charge in [-0.1, -0.05) is 13.8 Å². The lowest BCUT2D eigenvalue weighted by Crippen LogP contribution is -2.23. The first kappa shape index (κ1) is 14.7. The molecular weight excluding hydrogens is 292 g/mol. The minimum atomic E-state index is -0.0871. The van der Waals surface area contributed by atoms with Crippen LogP contribution in [0, 0.1) is 5.41 Å². The first-order valence-electron chi connectivity index (χ1n) is 8.25. The average Bonchev–Trinajstić information content (AvgIpc) is 3.17. The number of ether oxygens (including phenoxy) is 1. The van der Waals surface area contributed by atoms with Crippen LogP contribution in [0.25, 0.3) is 11.2 Å². The first-order chi connectivity index (χ1) is 10.9. The smallest absolute Gasteiger partial charge is 0.224 e. The monoisotopic (exact) mass is 316 g/mol. The Bertz CT molecular complexity index is 750. The Balaban J connectivity index is 1.83. The van der Waals surface area contributed by atoms with E-state index in [0.29, 0.717) is 6.04 Å². The van der Waals surface area contributed by atoms with Crippen LogP contribution in [0.2, 0.25) is 0 Å². The maximum Gasteiger partial charge on any atom is 0.224 e. The van der Waals surface area contributed by atoms with Gasteiger partial charge in [0.05, 0.1) is 12.4 Å². The van der Waals surface area contributed by atoms with Crippen molar-refractivity contribution >= 4 is 22.9 Å². The van der Waals surface area contributed by atoms with Gasteiger partial charge >= 0.3 is 0 Å². The number of rotatable bonds is 3. The predicted molar refractivity (Wildman–Crippen MR) is 89.1 cm³/mol. The number of hydrogen-bond donors (Lipinski definition) is 1. The van der Waals surface area contributed by atoms with Crippen molar-refractivity contribution in [3.05, 3.63) is 6.33 Å². The van der Waals surface area contributed by atoms with Crippen molar-refractivity contribution in [3.8, 4) is 0 Å². The molecule has 1 saturated heterocycles. The van der Waals surface area contributed by atoms with E-state index in [1.165, 1.54) is 12.8 Å². The van der Waals surface area contributed by atoms with Gasteiger partial charge in [0.15, 0.2) is 17.0 Å². The van der Waals surface area contributed by atoms with Crippen LogP contribution in [0.1, 0.15) is 46.3 Å². The van der Waals surface area contributed by atoms with Gasteiger partial charge < -0.3 is 15.4 Å². The van der Waals surface area contributed by atoms with E-state index in [2.05, 4.69) is 47.7 Å². The summed E-state index contributed by atoms with van der Waals surface area (Å²) in [7, 11) is 2.05. The SMILES string of the molecule is CC1CC(C)(C)[C@H](n2cnc3c(N(C)C4CC4)nc(N)nc32)O1. The van der Waals surface area contributed by atoms with Crippen LogP contribution in [0.15, 0.2) is 6.33 Å². The molecular formula is C16H24N6O. The third kappa shape index (κ3) is 2.34. The summed E-state index contributed by atoms with van der Waals surface area (Å²) in [6.07, 6.45) is 5.34. The zero-order chi connectivity index (χ0) is 16.4. The molecule has 1 saturated carbocycles. The van der Waals surface area contributed by atoms with E-state index in [4.69, 9.17) is 10.5 Å². The summed E-state index contributed by atoms with van der Waals surface area (Å²) in [5, 5.41) is 0. The molecule has 1 aliphatic carbocycles. The van der Waals surface area contributed by atoms with Gasteiger partial charge in [0.25, 0.3) is 0 Å². The van der Waals surface area contributed by atoms with Gasteiger partial charge in [-0.25, -0.2) is 4.98 Å². The van der Waals surface area contributed by atoms with Crippen molar-refractivity contribution in [2.75, 3.05) is 17.7 Å². The van der Waals surface area contributed by atoms with Crippen LogP contribution in [0.4, 0.5) is 11.8 Å². The van der Waals surface area contributed by atoms with E-state index in [1.807, 2.05) is 10.9 Å². The van der Waals surface area contributed by atoms with Crippen LogP contribution in [0.5, 0.6) is 0 Å². The van der Waals surface area contributed by atoms with Crippen LogP contribution in [0.3, 0.4) is 0 Å². The molecule has 2 atom stereocenters. The molecule has 2 aliphatic rings. The fourth-order valence-electron chi connectivity index (χ4n) is 3.71. The van der Waals surface area contributed by atoms with Crippen molar-refractivity contribution in [1.29, 1.82) is 0 Å². The molecule has 3 heterocycles. The highest BCUT2D eigenvalue weighted by molar-refractivity contribution is 5.85. The van der Waals surface area contributed by atoms with Gasteiger partial charge in [0.2, 0.25) is 5.95 Å². The number of nitrogens with two attached hydrogens (primary N) is 1. The zero-order valence-corrected chi connectivity index (χ0v) is 14.2. The van der Waals surface area contributed by atoms with Crippen molar-refractivity contribution in [1.82, 2.24) is 19.5 Å². The van der Waals surface area contributed by atoms with Crippen LogP contribution < -0.4 is 10.6 Å². The largest absolute Gasteiger partial charge is 0.368 e. The summed E-state index contributed by atoms with van der Waals surface area (Å²) in [6.45, 7) is 6.54. The molecule has 2 aromatic rings. The predicted octanol–water partition coefficient (Wildman–Crippen LogP) is 2.34. The molecule has 124 valence electrons. The van der Waals surface area contributed by atoms with E-state index in [0.717, 1.165) is 23.4 Å². The highest BCUT2D eigenvalue weighted by Crippen LogP contribution is 2.45. The topological polar surface area (TPSA) is 82.1 Å². The Morgan fingerprint density at radius 2 is 2.09 bits per heavy atom. The van der Waals surface area contributed by atoms with Crippen LogP contribution >= 0.6 is 0 Å². The highest BCUT2D eigenvalue weighted by Gasteiger charge is 2.42. The van der Waals surface area contributed by atoms with Crippen molar-refractivity contribution in [2.45, 2.75) is 58.4 Å². The fraction of sp³-hybridized carbons (Fsp3) is 0.688. The molecule has 2 fully saturated rings. The molecule has 1 aliphatic heterocycles.